The van der Waals surface area contributed by atoms with Gasteiger partial charge in [0.1, 0.15) is 11.8 Å². The molecule has 0 saturated carbocycles. The predicted molar refractivity (Wildman–Crippen MR) is 102 cm³/mol. The molecular weight excluding hydrogens is 326 g/mol. The Morgan fingerprint density at radius 2 is 2.12 bits per heavy atom. The average molecular weight is 349 g/mol. The number of carbonyl (C=O) groups excluding carboxylic acids is 1. The number of para-hydroxylation sites is 1. The quantitative estimate of drug-likeness (QED) is 0.896. The molecule has 1 amide bonds. The van der Waals surface area contributed by atoms with Crippen LogP contribution >= 0.6 is 0 Å². The molecule has 0 fully saturated rings. The molecule has 0 saturated heterocycles. The zero-order valence-corrected chi connectivity index (χ0v) is 15.3. The van der Waals surface area contributed by atoms with Gasteiger partial charge < -0.3 is 15.0 Å². The number of carbonyl (C=O) groups is 1. The van der Waals surface area contributed by atoms with Gasteiger partial charge in [-0.25, -0.2) is 0 Å². The zero-order chi connectivity index (χ0) is 18.7. The summed E-state index contributed by atoms with van der Waals surface area (Å²) in [5, 5.41) is 13.0. The van der Waals surface area contributed by atoms with Crippen LogP contribution in [0, 0.1) is 11.3 Å². The SMILES string of the molecule is CCC(=O)N1c2ccccc2C(Nc2ccc(OC)cc2C#N)CC1C. The number of fused-ring (bicyclic) bond motifs is 1. The minimum Gasteiger partial charge on any atom is -0.497 e. The number of amides is 1. The first-order valence-electron chi connectivity index (χ1n) is 8.84. The Hall–Kier alpha value is -3.00. The number of ether oxygens (including phenoxy) is 1. The maximum atomic E-state index is 12.4. The fourth-order valence-electron chi connectivity index (χ4n) is 3.56. The minimum atomic E-state index is 0.0302. The van der Waals surface area contributed by atoms with Crippen molar-refractivity contribution in [1.82, 2.24) is 0 Å². The monoisotopic (exact) mass is 349 g/mol. The molecule has 2 aromatic carbocycles. The lowest BCUT2D eigenvalue weighted by Crippen LogP contribution is -2.44. The van der Waals surface area contributed by atoms with Crippen molar-refractivity contribution in [2.75, 3.05) is 17.3 Å². The van der Waals surface area contributed by atoms with Crippen LogP contribution in [0.25, 0.3) is 0 Å². The van der Waals surface area contributed by atoms with E-state index in [1.807, 2.05) is 48.2 Å². The molecule has 5 heteroatoms. The van der Waals surface area contributed by atoms with E-state index in [2.05, 4.69) is 18.3 Å². The molecule has 134 valence electrons. The second kappa shape index (κ2) is 7.49. The van der Waals surface area contributed by atoms with Crippen molar-refractivity contribution in [3.05, 3.63) is 53.6 Å². The van der Waals surface area contributed by atoms with Crippen molar-refractivity contribution in [2.45, 2.75) is 38.8 Å². The van der Waals surface area contributed by atoms with Crippen LogP contribution in [0.5, 0.6) is 5.75 Å². The van der Waals surface area contributed by atoms with Crippen molar-refractivity contribution in [3.8, 4) is 11.8 Å². The average Bonchev–Trinajstić information content (AvgIpc) is 2.67. The van der Waals surface area contributed by atoms with Gasteiger partial charge in [0.2, 0.25) is 5.91 Å². The first kappa shape index (κ1) is 17.8. The summed E-state index contributed by atoms with van der Waals surface area (Å²) in [4.78, 5) is 14.3. The summed E-state index contributed by atoms with van der Waals surface area (Å²) < 4.78 is 5.20. The zero-order valence-electron chi connectivity index (χ0n) is 15.3. The third-order valence-electron chi connectivity index (χ3n) is 4.84. The van der Waals surface area contributed by atoms with E-state index in [1.54, 1.807) is 13.2 Å². The standard InChI is InChI=1S/C21H23N3O2/c1-4-21(25)24-14(2)11-19(17-7-5-6-8-20(17)24)23-18-10-9-16(26-3)12-15(18)13-22/h5-10,12,14,19,23H,4,11H2,1-3H3. The van der Waals surface area contributed by atoms with Gasteiger partial charge in [0.15, 0.2) is 0 Å². The lowest BCUT2D eigenvalue weighted by molar-refractivity contribution is -0.118. The Balaban J connectivity index is 1.97. The van der Waals surface area contributed by atoms with Gasteiger partial charge in [-0.2, -0.15) is 5.26 Å². The van der Waals surface area contributed by atoms with Gasteiger partial charge in [-0.05, 0) is 43.2 Å². The van der Waals surface area contributed by atoms with E-state index >= 15 is 0 Å². The molecule has 2 atom stereocenters. The molecule has 3 rings (SSSR count). The van der Waals surface area contributed by atoms with Crippen molar-refractivity contribution in [2.24, 2.45) is 0 Å². The van der Waals surface area contributed by atoms with Crippen molar-refractivity contribution in [1.29, 1.82) is 5.26 Å². The number of methoxy groups -OCH3 is 1. The first-order chi connectivity index (χ1) is 12.6. The van der Waals surface area contributed by atoms with Crippen LogP contribution in [-0.2, 0) is 4.79 Å². The molecule has 0 aromatic heterocycles. The van der Waals surface area contributed by atoms with Gasteiger partial charge in [-0.15, -0.1) is 0 Å². The maximum Gasteiger partial charge on any atom is 0.226 e. The number of anilines is 2. The van der Waals surface area contributed by atoms with E-state index in [0.717, 1.165) is 23.4 Å². The third kappa shape index (κ3) is 3.23. The van der Waals surface area contributed by atoms with Crippen LogP contribution in [0.2, 0.25) is 0 Å². The smallest absolute Gasteiger partial charge is 0.226 e. The number of hydrogen-bond acceptors (Lipinski definition) is 4. The summed E-state index contributed by atoms with van der Waals surface area (Å²) in [7, 11) is 1.59. The topological polar surface area (TPSA) is 65.4 Å². The number of rotatable bonds is 4. The number of nitrogens with zero attached hydrogens (tertiary/aromatic N) is 2. The molecule has 26 heavy (non-hydrogen) atoms. The van der Waals surface area contributed by atoms with E-state index in [9.17, 15) is 10.1 Å². The van der Waals surface area contributed by atoms with Crippen LogP contribution in [0.15, 0.2) is 42.5 Å². The molecule has 0 bridgehead atoms. The molecule has 2 unspecified atom stereocenters. The summed E-state index contributed by atoms with van der Waals surface area (Å²) in [6.45, 7) is 3.95. The summed E-state index contributed by atoms with van der Waals surface area (Å²) in [6.07, 6.45) is 1.26. The number of hydrogen-bond donors (Lipinski definition) is 1. The predicted octanol–water partition coefficient (Wildman–Crippen LogP) is 4.26. The van der Waals surface area contributed by atoms with Gasteiger partial charge in [-0.3, -0.25) is 4.79 Å². The fraction of sp³-hybridized carbons (Fsp3) is 0.333. The Labute approximate surface area is 154 Å². The van der Waals surface area contributed by atoms with Crippen LogP contribution in [0.3, 0.4) is 0 Å². The normalized spacial score (nSPS) is 18.6. The van der Waals surface area contributed by atoms with Crippen LogP contribution in [0.1, 0.15) is 43.9 Å². The highest BCUT2D eigenvalue weighted by molar-refractivity contribution is 5.95. The van der Waals surface area contributed by atoms with E-state index in [0.29, 0.717) is 17.7 Å². The van der Waals surface area contributed by atoms with Crippen LogP contribution < -0.4 is 15.0 Å². The number of benzene rings is 2. The van der Waals surface area contributed by atoms with E-state index in [4.69, 9.17) is 4.74 Å². The Bertz CT molecular complexity index is 857. The lowest BCUT2D eigenvalue weighted by atomic mass is 9.91. The third-order valence-corrected chi connectivity index (χ3v) is 4.84. The molecule has 2 aromatic rings. The molecule has 1 N–H and O–H groups in total. The van der Waals surface area contributed by atoms with Gasteiger partial charge in [0.25, 0.3) is 0 Å². The van der Waals surface area contributed by atoms with Gasteiger partial charge in [-0.1, -0.05) is 25.1 Å². The van der Waals surface area contributed by atoms with E-state index in [-0.39, 0.29) is 18.0 Å². The van der Waals surface area contributed by atoms with Gasteiger partial charge in [0.05, 0.1) is 24.4 Å². The lowest BCUT2D eigenvalue weighted by Gasteiger charge is -2.40. The Morgan fingerprint density at radius 3 is 2.81 bits per heavy atom. The second-order valence-corrected chi connectivity index (χ2v) is 6.48. The molecule has 1 heterocycles. The van der Waals surface area contributed by atoms with Crippen LogP contribution in [-0.4, -0.2) is 19.1 Å². The van der Waals surface area contributed by atoms with Crippen molar-refractivity contribution < 1.29 is 9.53 Å². The first-order valence-corrected chi connectivity index (χ1v) is 8.84. The van der Waals surface area contributed by atoms with Crippen LogP contribution in [0.4, 0.5) is 11.4 Å². The molecule has 0 radical (unpaired) electrons. The minimum absolute atomic E-state index is 0.0302. The largest absolute Gasteiger partial charge is 0.497 e. The summed E-state index contributed by atoms with van der Waals surface area (Å²) >= 11 is 0. The molecule has 0 aliphatic carbocycles. The molecule has 1 aliphatic rings. The van der Waals surface area contributed by atoms with E-state index < -0.39 is 0 Å². The molecule has 0 spiro atoms. The molecule has 1 aliphatic heterocycles. The molecular formula is C21H23N3O2. The molecule has 5 nitrogen and oxygen atoms in total. The van der Waals surface area contributed by atoms with Crippen molar-refractivity contribution >= 4 is 17.3 Å². The highest BCUT2D eigenvalue weighted by Crippen LogP contribution is 2.39. The van der Waals surface area contributed by atoms with Crippen molar-refractivity contribution in [3.63, 3.8) is 0 Å². The van der Waals surface area contributed by atoms with Gasteiger partial charge >= 0.3 is 0 Å². The summed E-state index contributed by atoms with van der Waals surface area (Å²) in [6, 6.07) is 15.8. The fourth-order valence-corrected chi connectivity index (χ4v) is 3.56. The number of nitriles is 1. The second-order valence-electron chi connectivity index (χ2n) is 6.48. The maximum absolute atomic E-state index is 12.4. The highest BCUT2D eigenvalue weighted by atomic mass is 16.5. The van der Waals surface area contributed by atoms with Gasteiger partial charge in [0, 0.05) is 18.2 Å². The number of nitrogens with one attached hydrogen (secondary N) is 1. The summed E-state index contributed by atoms with van der Waals surface area (Å²) in [5.74, 6) is 0.787. The highest BCUT2D eigenvalue weighted by Gasteiger charge is 2.33. The summed E-state index contributed by atoms with van der Waals surface area (Å²) in [5.41, 5.74) is 3.34. The Kier molecular flexibility index (Phi) is 5.13. The Morgan fingerprint density at radius 1 is 1.35 bits per heavy atom. The van der Waals surface area contributed by atoms with E-state index in [1.165, 1.54) is 0 Å².